The lowest BCUT2D eigenvalue weighted by Crippen LogP contribution is -2.51. The van der Waals surface area contributed by atoms with Crippen LogP contribution in [-0.2, 0) is 24.0 Å². The van der Waals surface area contributed by atoms with Crippen molar-refractivity contribution in [2.45, 2.75) is 63.6 Å². The van der Waals surface area contributed by atoms with Gasteiger partial charge in [-0.25, -0.2) is 4.79 Å². The monoisotopic (exact) mass is 477 g/mol. The number of aliphatic carboxylic acids is 3. The Kier molecular flexibility index (Phi) is 14.0. The summed E-state index contributed by atoms with van der Waals surface area (Å²) in [4.78, 5) is 59.1. The van der Waals surface area contributed by atoms with Crippen LogP contribution in [0, 0.1) is 0 Å². The molecule has 0 bridgehead atoms. The van der Waals surface area contributed by atoms with Crippen LogP contribution in [0.1, 0.15) is 45.4 Å². The predicted octanol–water partition coefficient (Wildman–Crippen LogP) is -0.584. The summed E-state index contributed by atoms with van der Waals surface area (Å²) in [6.07, 6.45) is 1.61. The Morgan fingerprint density at radius 2 is 1.72 bits per heavy atom. The van der Waals surface area contributed by atoms with Crippen LogP contribution in [0.25, 0.3) is 0 Å². The Bertz CT molecular complexity index is 714. The number of hydrogen-bond acceptors (Lipinski definition) is 8. The number of thiol groups is 1. The third-order valence-electron chi connectivity index (χ3n) is 4.34. The van der Waals surface area contributed by atoms with E-state index in [1.54, 1.807) is 0 Å². The first-order chi connectivity index (χ1) is 14.9. The third kappa shape index (κ3) is 11.1. The maximum atomic E-state index is 12.9. The largest absolute Gasteiger partial charge is 0.480 e. The Morgan fingerprint density at radius 1 is 1.09 bits per heavy atom. The highest BCUT2D eigenvalue weighted by molar-refractivity contribution is 7.80. The molecule has 0 saturated heterocycles. The topological polar surface area (TPSA) is 208 Å². The predicted molar refractivity (Wildman–Crippen MR) is 116 cm³/mol. The molecule has 0 aromatic carbocycles. The summed E-state index contributed by atoms with van der Waals surface area (Å²) in [6, 6.07) is -2.68. The van der Waals surface area contributed by atoms with Crippen LogP contribution >= 0.6 is 12.6 Å². The molecule has 0 aromatic rings. The number of nitrogens with one attached hydrogen (secondary N) is 1. The van der Waals surface area contributed by atoms with Gasteiger partial charge in [0.1, 0.15) is 24.3 Å². The highest BCUT2D eigenvalue weighted by Gasteiger charge is 2.32. The molecule has 13 heteroatoms. The van der Waals surface area contributed by atoms with Crippen molar-refractivity contribution in [3.8, 4) is 0 Å². The highest BCUT2D eigenvalue weighted by Crippen LogP contribution is 2.13. The number of nitrogens with two attached hydrogens (primary N) is 1. The average molecular weight is 478 g/mol. The second-order valence-electron chi connectivity index (χ2n) is 7.02. The first-order valence-electron chi connectivity index (χ1n) is 9.99. The summed E-state index contributed by atoms with van der Waals surface area (Å²) in [5.74, 6) is -6.55. The van der Waals surface area contributed by atoms with Crippen LogP contribution in [0.2, 0.25) is 0 Å². The second-order valence-corrected chi connectivity index (χ2v) is 7.39. The number of unbranched alkanes of at least 4 members (excludes halogenated alkanes) is 2. The van der Waals surface area contributed by atoms with Crippen LogP contribution in [-0.4, -0.2) is 85.5 Å². The molecule has 3 unspecified atom stereocenters. The van der Waals surface area contributed by atoms with Gasteiger partial charge in [0.05, 0.1) is 6.10 Å². The molecule has 0 heterocycles. The van der Waals surface area contributed by atoms with E-state index in [1.165, 1.54) is 0 Å². The fourth-order valence-electron chi connectivity index (χ4n) is 2.61. The minimum Gasteiger partial charge on any atom is -0.480 e. The van der Waals surface area contributed by atoms with E-state index in [4.69, 9.17) is 15.9 Å². The van der Waals surface area contributed by atoms with Crippen molar-refractivity contribution in [2.24, 2.45) is 5.73 Å². The van der Waals surface area contributed by atoms with E-state index in [1.807, 2.05) is 6.92 Å². The van der Waals surface area contributed by atoms with Gasteiger partial charge in [0.15, 0.2) is 0 Å². The van der Waals surface area contributed by atoms with Crippen molar-refractivity contribution in [3.63, 3.8) is 0 Å². The lowest BCUT2D eigenvalue weighted by atomic mass is 10.1. The van der Waals surface area contributed by atoms with E-state index in [2.05, 4.69) is 17.9 Å². The molecule has 0 aliphatic carbocycles. The lowest BCUT2D eigenvalue weighted by molar-refractivity contribution is -0.146. The van der Waals surface area contributed by atoms with E-state index >= 15 is 0 Å². The number of aliphatic hydroxyl groups is 1. The molecule has 7 N–H and O–H groups in total. The summed E-state index contributed by atoms with van der Waals surface area (Å²) >= 11 is 3.96. The minimum atomic E-state index is -1.63. The molecule has 0 aromatic heterocycles. The van der Waals surface area contributed by atoms with Gasteiger partial charge >= 0.3 is 17.9 Å². The molecule has 0 aliphatic rings. The number of rotatable bonds is 16. The van der Waals surface area contributed by atoms with Crippen molar-refractivity contribution in [2.75, 3.05) is 12.3 Å². The molecule has 12 nitrogen and oxygen atoms in total. The zero-order valence-electron chi connectivity index (χ0n) is 17.8. The van der Waals surface area contributed by atoms with Crippen molar-refractivity contribution in [1.29, 1.82) is 0 Å². The standard InChI is InChI=1S/C19H31N3O9S/c1-2-3-4-5-11(23)8-14(19(30)31)22(9-16(25)26)17(27)13(10-32)21-15(24)7-6-12(20)18(28)29/h8,11-13,23,32H,2-7,9-10,20H2,1H3,(H,21,24)(H,25,26)(H,28,29)(H,30,31). The molecule has 0 fully saturated rings. The van der Waals surface area contributed by atoms with Crippen LogP contribution in [0.3, 0.4) is 0 Å². The number of carboxylic acids is 3. The summed E-state index contributed by atoms with van der Waals surface area (Å²) in [7, 11) is 0. The first-order valence-corrected chi connectivity index (χ1v) is 10.6. The van der Waals surface area contributed by atoms with Gasteiger partial charge in [-0.05, 0) is 18.9 Å². The number of carbonyl (C=O) groups excluding carboxylic acids is 2. The summed E-state index contributed by atoms with van der Waals surface area (Å²) in [5.41, 5.74) is 4.58. The molecule has 2 amide bonds. The Morgan fingerprint density at radius 3 is 2.19 bits per heavy atom. The fourth-order valence-corrected chi connectivity index (χ4v) is 2.86. The average Bonchev–Trinajstić information content (AvgIpc) is 2.71. The molecule has 0 saturated carbocycles. The van der Waals surface area contributed by atoms with E-state index in [-0.39, 0.29) is 25.0 Å². The minimum absolute atomic E-state index is 0.211. The molecule has 0 radical (unpaired) electrons. The number of carboxylic acid groups (broad SMARTS) is 3. The Labute approximate surface area is 190 Å². The van der Waals surface area contributed by atoms with Crippen molar-refractivity contribution in [1.82, 2.24) is 10.2 Å². The van der Waals surface area contributed by atoms with Gasteiger partial charge in [-0.15, -0.1) is 0 Å². The molecule has 32 heavy (non-hydrogen) atoms. The Hall–Kier alpha value is -2.64. The van der Waals surface area contributed by atoms with Gasteiger partial charge in [-0.2, -0.15) is 12.6 Å². The maximum absolute atomic E-state index is 12.9. The third-order valence-corrected chi connectivity index (χ3v) is 4.70. The molecule has 182 valence electrons. The maximum Gasteiger partial charge on any atom is 0.352 e. The molecule has 0 spiro atoms. The number of hydrogen-bond donors (Lipinski definition) is 7. The molecular weight excluding hydrogens is 446 g/mol. The normalized spacial score (nSPS) is 14.2. The van der Waals surface area contributed by atoms with Crippen LogP contribution < -0.4 is 11.1 Å². The number of amides is 2. The van der Waals surface area contributed by atoms with Gasteiger partial charge < -0.3 is 31.5 Å². The van der Waals surface area contributed by atoms with Gasteiger partial charge in [0.25, 0.3) is 5.91 Å². The zero-order chi connectivity index (χ0) is 24.8. The fraction of sp³-hybridized carbons (Fsp3) is 0.632. The van der Waals surface area contributed by atoms with E-state index in [0.29, 0.717) is 11.3 Å². The van der Waals surface area contributed by atoms with Crippen molar-refractivity contribution < 1.29 is 44.4 Å². The van der Waals surface area contributed by atoms with Gasteiger partial charge in [0.2, 0.25) is 5.91 Å². The van der Waals surface area contributed by atoms with Crippen LogP contribution in [0.4, 0.5) is 0 Å². The Balaban J connectivity index is 5.59. The SMILES string of the molecule is CCCCCC(O)C=C(C(=O)O)N(CC(=O)O)C(=O)C(CS)NC(=O)CCC(N)C(=O)O. The number of aliphatic hydroxyl groups excluding tert-OH is 1. The smallest absolute Gasteiger partial charge is 0.352 e. The zero-order valence-corrected chi connectivity index (χ0v) is 18.7. The van der Waals surface area contributed by atoms with Gasteiger partial charge in [-0.3, -0.25) is 24.1 Å². The van der Waals surface area contributed by atoms with Crippen molar-refractivity contribution in [3.05, 3.63) is 11.8 Å². The number of carbonyl (C=O) groups is 5. The summed E-state index contributed by atoms with van der Waals surface area (Å²) < 4.78 is 0. The lowest BCUT2D eigenvalue weighted by Gasteiger charge is -2.27. The number of nitrogens with zero attached hydrogens (tertiary/aromatic N) is 1. The van der Waals surface area contributed by atoms with Gasteiger partial charge in [-0.1, -0.05) is 26.2 Å². The highest BCUT2D eigenvalue weighted by atomic mass is 32.1. The molecule has 3 atom stereocenters. The molecular formula is C19H31N3O9S. The van der Waals surface area contributed by atoms with Crippen LogP contribution in [0.15, 0.2) is 11.8 Å². The first kappa shape index (κ1) is 29.4. The quantitative estimate of drug-likeness (QED) is 0.0854. The van der Waals surface area contributed by atoms with Gasteiger partial charge in [0, 0.05) is 12.2 Å². The molecule has 0 rings (SSSR count). The van der Waals surface area contributed by atoms with E-state index < -0.39 is 60.2 Å². The summed E-state index contributed by atoms with van der Waals surface area (Å²) in [5, 5.41) is 39.8. The summed E-state index contributed by atoms with van der Waals surface area (Å²) in [6.45, 7) is 0.919. The van der Waals surface area contributed by atoms with Crippen molar-refractivity contribution >= 4 is 42.4 Å². The second kappa shape index (κ2) is 15.2. The van der Waals surface area contributed by atoms with Crippen LogP contribution in [0.5, 0.6) is 0 Å². The van der Waals surface area contributed by atoms with E-state index in [0.717, 1.165) is 18.9 Å². The van der Waals surface area contributed by atoms with E-state index in [9.17, 15) is 34.2 Å². The molecule has 0 aliphatic heterocycles.